The van der Waals surface area contributed by atoms with Crippen molar-refractivity contribution >= 4 is 0 Å². The van der Waals surface area contributed by atoms with Crippen molar-refractivity contribution in [1.29, 1.82) is 0 Å². The lowest BCUT2D eigenvalue weighted by atomic mass is 9.87. The quantitative estimate of drug-likeness (QED) is 0.679. The Morgan fingerprint density at radius 2 is 2.21 bits per heavy atom. The van der Waals surface area contributed by atoms with Gasteiger partial charge in [-0.1, -0.05) is 20.8 Å². The number of nitrogens with two attached hydrogens (primary N) is 1. The van der Waals surface area contributed by atoms with Crippen LogP contribution in [0.25, 0.3) is 0 Å². The maximum atomic E-state index is 9.81. The molecule has 0 aliphatic carbocycles. The SMILES string of the molecule is CC(C)(C)c1[nH]ncc1[C@H](O)CCN. The van der Waals surface area contributed by atoms with E-state index in [0.717, 1.165) is 11.3 Å². The normalized spacial score (nSPS) is 14.4. The fraction of sp³-hybridized carbons (Fsp3) is 0.700. The summed E-state index contributed by atoms with van der Waals surface area (Å²) in [4.78, 5) is 0. The fourth-order valence-electron chi connectivity index (χ4n) is 1.46. The molecule has 1 rings (SSSR count). The molecule has 0 fully saturated rings. The van der Waals surface area contributed by atoms with Crippen molar-refractivity contribution in [1.82, 2.24) is 10.2 Å². The molecule has 4 nitrogen and oxygen atoms in total. The monoisotopic (exact) mass is 197 g/mol. The molecular weight excluding hydrogens is 178 g/mol. The summed E-state index contributed by atoms with van der Waals surface area (Å²) >= 11 is 0. The highest BCUT2D eigenvalue weighted by atomic mass is 16.3. The van der Waals surface area contributed by atoms with Gasteiger partial charge in [-0.2, -0.15) is 5.10 Å². The third kappa shape index (κ3) is 2.33. The lowest BCUT2D eigenvalue weighted by molar-refractivity contribution is 0.168. The first-order chi connectivity index (χ1) is 6.46. The van der Waals surface area contributed by atoms with Crippen molar-refractivity contribution in [2.75, 3.05) is 6.54 Å². The molecule has 0 radical (unpaired) electrons. The van der Waals surface area contributed by atoms with Crippen molar-refractivity contribution in [2.24, 2.45) is 5.73 Å². The van der Waals surface area contributed by atoms with Crippen LogP contribution in [0, 0.1) is 0 Å². The summed E-state index contributed by atoms with van der Waals surface area (Å²) in [6.45, 7) is 6.73. The molecule has 0 aliphatic heterocycles. The van der Waals surface area contributed by atoms with Gasteiger partial charge in [0.2, 0.25) is 0 Å². The highest BCUT2D eigenvalue weighted by Crippen LogP contribution is 2.28. The Morgan fingerprint density at radius 3 is 2.71 bits per heavy atom. The number of aliphatic hydroxyl groups excluding tert-OH is 1. The van der Waals surface area contributed by atoms with Crippen molar-refractivity contribution < 1.29 is 5.11 Å². The van der Waals surface area contributed by atoms with E-state index in [-0.39, 0.29) is 5.41 Å². The topological polar surface area (TPSA) is 74.9 Å². The molecule has 0 aromatic carbocycles. The van der Waals surface area contributed by atoms with Gasteiger partial charge in [-0.3, -0.25) is 5.10 Å². The molecule has 0 saturated heterocycles. The Balaban J connectivity index is 2.93. The van der Waals surface area contributed by atoms with Crippen molar-refractivity contribution in [3.8, 4) is 0 Å². The van der Waals surface area contributed by atoms with Crippen LogP contribution in [0.5, 0.6) is 0 Å². The zero-order chi connectivity index (χ0) is 10.8. The standard InChI is InChI=1S/C10H19N3O/c1-10(2,3)9-7(6-12-13-9)8(14)4-5-11/h6,8,14H,4-5,11H2,1-3H3,(H,12,13)/t8-/m1/s1. The minimum atomic E-state index is -0.507. The molecule has 1 aromatic heterocycles. The zero-order valence-electron chi connectivity index (χ0n) is 9.04. The summed E-state index contributed by atoms with van der Waals surface area (Å²) in [5, 5.41) is 16.7. The number of aromatic amines is 1. The van der Waals surface area contributed by atoms with Gasteiger partial charge in [-0.25, -0.2) is 0 Å². The van der Waals surface area contributed by atoms with Crippen molar-refractivity contribution in [3.63, 3.8) is 0 Å². The van der Waals surface area contributed by atoms with Gasteiger partial charge in [-0.15, -0.1) is 0 Å². The predicted octanol–water partition coefficient (Wildman–Crippen LogP) is 1.09. The molecule has 1 aromatic rings. The molecule has 0 amide bonds. The van der Waals surface area contributed by atoms with Crippen LogP contribution in [0.4, 0.5) is 0 Å². The van der Waals surface area contributed by atoms with E-state index in [1.165, 1.54) is 0 Å². The molecule has 1 heterocycles. The molecule has 0 saturated carbocycles. The number of hydrogen-bond acceptors (Lipinski definition) is 3. The Bertz CT molecular complexity index is 288. The molecule has 1 atom stereocenters. The number of nitrogens with one attached hydrogen (secondary N) is 1. The van der Waals surface area contributed by atoms with Crippen LogP contribution in [0.3, 0.4) is 0 Å². The van der Waals surface area contributed by atoms with Gasteiger partial charge in [0.05, 0.1) is 12.3 Å². The van der Waals surface area contributed by atoms with Crippen LogP contribution in [0.2, 0.25) is 0 Å². The Morgan fingerprint density at radius 1 is 1.57 bits per heavy atom. The van der Waals surface area contributed by atoms with Crippen LogP contribution < -0.4 is 5.73 Å². The number of hydrogen-bond donors (Lipinski definition) is 3. The van der Waals surface area contributed by atoms with Gasteiger partial charge >= 0.3 is 0 Å². The number of aromatic nitrogens is 2. The molecule has 0 unspecified atom stereocenters. The van der Waals surface area contributed by atoms with Gasteiger partial charge in [0.15, 0.2) is 0 Å². The molecule has 0 spiro atoms. The Kier molecular flexibility index (Phi) is 3.29. The molecule has 80 valence electrons. The minimum Gasteiger partial charge on any atom is -0.388 e. The van der Waals surface area contributed by atoms with Crippen LogP contribution in [-0.2, 0) is 5.41 Å². The second-order valence-electron chi connectivity index (χ2n) is 4.54. The molecule has 4 N–H and O–H groups in total. The first-order valence-electron chi connectivity index (χ1n) is 4.88. The first-order valence-corrected chi connectivity index (χ1v) is 4.88. The van der Waals surface area contributed by atoms with E-state index < -0.39 is 6.10 Å². The third-order valence-electron chi connectivity index (χ3n) is 2.22. The van der Waals surface area contributed by atoms with Gasteiger partial charge in [0, 0.05) is 16.7 Å². The van der Waals surface area contributed by atoms with E-state index in [1.54, 1.807) is 6.20 Å². The van der Waals surface area contributed by atoms with Crippen LogP contribution in [-0.4, -0.2) is 21.8 Å². The van der Waals surface area contributed by atoms with E-state index in [1.807, 2.05) is 0 Å². The van der Waals surface area contributed by atoms with Crippen molar-refractivity contribution in [2.45, 2.75) is 38.7 Å². The number of rotatable bonds is 3. The van der Waals surface area contributed by atoms with Gasteiger partial charge in [0.1, 0.15) is 0 Å². The number of nitrogens with zero attached hydrogens (tertiary/aromatic N) is 1. The summed E-state index contributed by atoms with van der Waals surface area (Å²) in [7, 11) is 0. The van der Waals surface area contributed by atoms with Gasteiger partial charge in [0.25, 0.3) is 0 Å². The smallest absolute Gasteiger partial charge is 0.0835 e. The van der Waals surface area contributed by atoms with E-state index in [0.29, 0.717) is 13.0 Å². The molecular formula is C10H19N3O. The third-order valence-corrected chi connectivity index (χ3v) is 2.22. The lowest BCUT2D eigenvalue weighted by Crippen LogP contribution is -2.17. The van der Waals surface area contributed by atoms with Gasteiger partial charge < -0.3 is 10.8 Å². The number of H-pyrrole nitrogens is 1. The highest BCUT2D eigenvalue weighted by molar-refractivity contribution is 5.25. The van der Waals surface area contributed by atoms with Gasteiger partial charge in [-0.05, 0) is 13.0 Å². The molecule has 0 bridgehead atoms. The molecule has 4 heteroatoms. The highest BCUT2D eigenvalue weighted by Gasteiger charge is 2.23. The average molecular weight is 197 g/mol. The first kappa shape index (κ1) is 11.2. The average Bonchev–Trinajstić information content (AvgIpc) is 2.50. The summed E-state index contributed by atoms with van der Waals surface area (Å²) in [6, 6.07) is 0. The largest absolute Gasteiger partial charge is 0.388 e. The minimum absolute atomic E-state index is 0.0264. The van der Waals surface area contributed by atoms with Crippen molar-refractivity contribution in [3.05, 3.63) is 17.5 Å². The van der Waals surface area contributed by atoms with Crippen LogP contribution >= 0.6 is 0 Å². The lowest BCUT2D eigenvalue weighted by Gasteiger charge is -2.20. The summed E-state index contributed by atoms with van der Waals surface area (Å²) in [6.07, 6.45) is 1.75. The maximum Gasteiger partial charge on any atom is 0.0835 e. The van der Waals surface area contributed by atoms with Crippen LogP contribution in [0.15, 0.2) is 6.20 Å². The Hall–Kier alpha value is -0.870. The maximum absolute atomic E-state index is 9.81. The second-order valence-corrected chi connectivity index (χ2v) is 4.54. The molecule has 0 aliphatic rings. The second kappa shape index (κ2) is 4.11. The van der Waals surface area contributed by atoms with Crippen LogP contribution in [0.1, 0.15) is 44.6 Å². The van der Waals surface area contributed by atoms with E-state index in [4.69, 9.17) is 5.73 Å². The summed E-state index contributed by atoms with van der Waals surface area (Å²) < 4.78 is 0. The molecule has 14 heavy (non-hydrogen) atoms. The summed E-state index contributed by atoms with van der Waals surface area (Å²) in [5.41, 5.74) is 7.23. The number of aliphatic hydroxyl groups is 1. The van der Waals surface area contributed by atoms with E-state index in [2.05, 4.69) is 31.0 Å². The van der Waals surface area contributed by atoms with E-state index >= 15 is 0 Å². The zero-order valence-corrected chi connectivity index (χ0v) is 9.04. The fourth-order valence-corrected chi connectivity index (χ4v) is 1.46. The summed E-state index contributed by atoms with van der Waals surface area (Å²) in [5.74, 6) is 0. The predicted molar refractivity (Wildman–Crippen MR) is 55.9 cm³/mol. The Labute approximate surface area is 84.5 Å². The van der Waals surface area contributed by atoms with E-state index in [9.17, 15) is 5.11 Å².